The lowest BCUT2D eigenvalue weighted by atomic mass is 10.0. The van der Waals surface area contributed by atoms with Crippen molar-refractivity contribution in [3.63, 3.8) is 0 Å². The maximum atomic E-state index is 12.5. The van der Waals surface area contributed by atoms with Gasteiger partial charge in [0.15, 0.2) is 0 Å². The molecule has 2 saturated heterocycles. The lowest BCUT2D eigenvalue weighted by molar-refractivity contribution is -0.0316. The summed E-state index contributed by atoms with van der Waals surface area (Å²) in [4.78, 5) is 13.6. The van der Waals surface area contributed by atoms with E-state index in [0.717, 1.165) is 6.42 Å². The van der Waals surface area contributed by atoms with Crippen LogP contribution in [0.2, 0.25) is 0 Å². The normalized spacial score (nSPS) is 32.4. The molecule has 2 bridgehead atoms. The lowest BCUT2D eigenvalue weighted by Crippen LogP contribution is -2.48. The number of nitrogens with two attached hydrogens (primary N) is 1. The molecule has 4 atom stereocenters. The molecule has 1 aliphatic carbocycles. The molecule has 0 radical (unpaired) electrons. The third-order valence-electron chi connectivity index (χ3n) is 5.29. The molecule has 14 heteroatoms. The average Bonchev–Trinajstić information content (AvgIpc) is 3.14. The second-order valence-corrected chi connectivity index (χ2v) is 9.85. The second kappa shape index (κ2) is 7.16. The van der Waals surface area contributed by atoms with Gasteiger partial charge < -0.3 is 16.0 Å². The summed E-state index contributed by atoms with van der Waals surface area (Å²) in [5, 5.41) is 3.00. The van der Waals surface area contributed by atoms with Crippen LogP contribution >= 0.6 is 0 Å². The minimum atomic E-state index is -4.85. The van der Waals surface area contributed by atoms with Crippen LogP contribution in [0.4, 0.5) is 4.79 Å². The molecular formula is C13H23N5O7S2. The number of hydroxylamine groups is 2. The summed E-state index contributed by atoms with van der Waals surface area (Å²) < 4.78 is 63.8. The number of fused-ring (bicyclic) bond motifs is 2. The SMILES string of the molecule is CNC1CCC(S(=O)(=O)N=C(N)C2CCC3CN2C(=O)N3OS(=O)(=O)O)C1. The van der Waals surface area contributed by atoms with E-state index in [0.29, 0.717) is 30.7 Å². The van der Waals surface area contributed by atoms with Gasteiger partial charge in [0.25, 0.3) is 10.0 Å². The molecule has 12 nitrogen and oxygen atoms in total. The fourth-order valence-corrected chi connectivity index (χ4v) is 5.76. The van der Waals surface area contributed by atoms with Crippen LogP contribution in [0.1, 0.15) is 32.1 Å². The van der Waals surface area contributed by atoms with E-state index in [-0.39, 0.29) is 18.4 Å². The van der Waals surface area contributed by atoms with Crippen molar-refractivity contribution < 1.29 is 30.5 Å². The highest BCUT2D eigenvalue weighted by Crippen LogP contribution is 2.32. The number of hydrogen-bond donors (Lipinski definition) is 3. The van der Waals surface area contributed by atoms with Gasteiger partial charge in [-0.15, -0.1) is 8.68 Å². The Balaban J connectivity index is 1.75. The minimum absolute atomic E-state index is 0.0978. The van der Waals surface area contributed by atoms with Gasteiger partial charge in [-0.1, -0.05) is 0 Å². The van der Waals surface area contributed by atoms with Gasteiger partial charge in [0, 0.05) is 12.6 Å². The first-order chi connectivity index (χ1) is 12.5. The number of sulfonamides is 1. The molecule has 0 aromatic carbocycles. The summed E-state index contributed by atoms with van der Waals surface area (Å²) in [6.45, 7) is 0.0978. The van der Waals surface area contributed by atoms with Crippen LogP contribution in [-0.4, -0.2) is 80.2 Å². The van der Waals surface area contributed by atoms with Crippen LogP contribution < -0.4 is 11.1 Å². The van der Waals surface area contributed by atoms with E-state index < -0.39 is 43.8 Å². The van der Waals surface area contributed by atoms with Crippen LogP contribution in [0.3, 0.4) is 0 Å². The number of amides is 2. The van der Waals surface area contributed by atoms with E-state index in [2.05, 4.69) is 14.0 Å². The third-order valence-corrected chi connectivity index (χ3v) is 7.37. The molecule has 3 fully saturated rings. The van der Waals surface area contributed by atoms with Crippen molar-refractivity contribution in [3.8, 4) is 0 Å². The quantitative estimate of drug-likeness (QED) is 0.269. The van der Waals surface area contributed by atoms with Gasteiger partial charge >= 0.3 is 16.4 Å². The Morgan fingerprint density at radius 2 is 1.96 bits per heavy atom. The van der Waals surface area contributed by atoms with E-state index in [4.69, 9.17) is 10.3 Å². The maximum Gasteiger partial charge on any atom is 0.418 e. The first kappa shape index (κ1) is 20.3. The molecule has 0 spiro atoms. The Kier molecular flexibility index (Phi) is 5.37. The molecule has 27 heavy (non-hydrogen) atoms. The van der Waals surface area contributed by atoms with Crippen molar-refractivity contribution in [1.82, 2.24) is 15.3 Å². The number of nitrogens with zero attached hydrogens (tertiary/aromatic N) is 3. The van der Waals surface area contributed by atoms with E-state index in [9.17, 15) is 21.6 Å². The molecule has 4 unspecified atom stereocenters. The van der Waals surface area contributed by atoms with Gasteiger partial charge in [0.05, 0.1) is 17.3 Å². The van der Waals surface area contributed by atoms with Crippen LogP contribution in [0.15, 0.2) is 4.40 Å². The smallest absolute Gasteiger partial charge is 0.385 e. The highest BCUT2D eigenvalue weighted by molar-refractivity contribution is 7.90. The third kappa shape index (κ3) is 4.18. The van der Waals surface area contributed by atoms with Crippen molar-refractivity contribution in [2.24, 2.45) is 10.1 Å². The molecule has 2 amide bonds. The fraction of sp³-hybridized carbons (Fsp3) is 0.846. The largest absolute Gasteiger partial charge is 0.418 e. The molecule has 1 saturated carbocycles. The van der Waals surface area contributed by atoms with Gasteiger partial charge in [0.2, 0.25) is 0 Å². The van der Waals surface area contributed by atoms with E-state index in [1.165, 1.54) is 4.90 Å². The summed E-state index contributed by atoms with van der Waals surface area (Å²) in [5.74, 6) is -0.205. The highest BCUT2D eigenvalue weighted by Gasteiger charge is 2.48. The number of piperidine rings is 1. The Morgan fingerprint density at radius 3 is 2.56 bits per heavy atom. The first-order valence-corrected chi connectivity index (χ1v) is 11.4. The van der Waals surface area contributed by atoms with Crippen LogP contribution in [0.25, 0.3) is 0 Å². The standard InChI is InChI=1S/C13H23N5O7S2/c1-15-8-2-4-10(6-8)26(20,21)16-12(14)11-5-3-9-7-17(11)13(19)18(9)25-27(22,23)24/h8-11,15H,2-7H2,1H3,(H2,14,16)(H,22,23,24). The van der Waals surface area contributed by atoms with Crippen molar-refractivity contribution in [2.45, 2.75) is 55.5 Å². The van der Waals surface area contributed by atoms with Gasteiger partial charge in [-0.2, -0.15) is 13.5 Å². The second-order valence-electron chi connectivity index (χ2n) is 6.96. The van der Waals surface area contributed by atoms with Gasteiger partial charge in [0.1, 0.15) is 5.84 Å². The van der Waals surface area contributed by atoms with Crippen molar-refractivity contribution in [3.05, 3.63) is 0 Å². The zero-order valence-electron chi connectivity index (χ0n) is 14.7. The summed E-state index contributed by atoms with van der Waals surface area (Å²) in [6.07, 6.45) is 2.28. The van der Waals surface area contributed by atoms with Crippen molar-refractivity contribution >= 4 is 32.3 Å². The van der Waals surface area contributed by atoms with Gasteiger partial charge in [-0.25, -0.2) is 13.2 Å². The van der Waals surface area contributed by atoms with Crippen LogP contribution in [-0.2, 0) is 24.7 Å². The Morgan fingerprint density at radius 1 is 1.26 bits per heavy atom. The fourth-order valence-electron chi connectivity index (χ4n) is 3.89. The number of carbonyl (C=O) groups is 1. The molecule has 2 heterocycles. The molecule has 3 rings (SSSR count). The monoisotopic (exact) mass is 425 g/mol. The van der Waals surface area contributed by atoms with Crippen LogP contribution in [0.5, 0.6) is 0 Å². The summed E-state index contributed by atoms with van der Waals surface area (Å²) in [7, 11) is -6.90. The minimum Gasteiger partial charge on any atom is -0.385 e. The summed E-state index contributed by atoms with van der Waals surface area (Å²) >= 11 is 0. The Labute approximate surface area is 157 Å². The predicted molar refractivity (Wildman–Crippen MR) is 94.4 cm³/mol. The van der Waals surface area contributed by atoms with Crippen molar-refractivity contribution in [1.29, 1.82) is 0 Å². The topological polar surface area (TPSA) is 172 Å². The van der Waals surface area contributed by atoms with E-state index >= 15 is 0 Å². The molecular weight excluding hydrogens is 402 g/mol. The van der Waals surface area contributed by atoms with E-state index in [1.54, 1.807) is 7.05 Å². The number of urea groups is 1. The highest BCUT2D eigenvalue weighted by atomic mass is 32.3. The molecule has 2 aliphatic heterocycles. The number of nitrogens with one attached hydrogen (secondary N) is 1. The number of carbonyl (C=O) groups excluding carboxylic acids is 1. The number of rotatable bonds is 6. The number of hydrogen-bond acceptors (Lipinski definition) is 7. The molecule has 0 aromatic heterocycles. The molecule has 0 aromatic rings. The van der Waals surface area contributed by atoms with E-state index in [1.807, 2.05) is 0 Å². The predicted octanol–water partition coefficient (Wildman–Crippen LogP) is -1.18. The zero-order chi connectivity index (χ0) is 20.0. The van der Waals surface area contributed by atoms with Crippen LogP contribution in [0, 0.1) is 0 Å². The average molecular weight is 425 g/mol. The van der Waals surface area contributed by atoms with Gasteiger partial charge in [-0.05, 0) is 39.2 Å². The Bertz CT molecular complexity index is 843. The zero-order valence-corrected chi connectivity index (χ0v) is 16.3. The number of amidine groups is 1. The molecule has 4 N–H and O–H groups in total. The Hall–Kier alpha value is -1.48. The van der Waals surface area contributed by atoms with Crippen molar-refractivity contribution in [2.75, 3.05) is 13.6 Å². The molecule has 154 valence electrons. The van der Waals surface area contributed by atoms with Gasteiger partial charge in [-0.3, -0.25) is 4.55 Å². The maximum absolute atomic E-state index is 12.5. The first-order valence-electron chi connectivity index (χ1n) is 8.55. The molecule has 3 aliphatic rings. The lowest BCUT2D eigenvalue weighted by Gasteiger charge is -2.29. The summed E-state index contributed by atoms with van der Waals surface area (Å²) in [6, 6.07) is -2.05. The summed E-state index contributed by atoms with van der Waals surface area (Å²) in [5.41, 5.74) is 5.92.